The molecule has 1 saturated heterocycles. The molecule has 9 nitrogen and oxygen atoms in total. The van der Waals surface area contributed by atoms with Gasteiger partial charge >= 0.3 is 13.5 Å². The van der Waals surface area contributed by atoms with E-state index in [2.05, 4.69) is 4.52 Å². The smallest absolute Gasteiger partial charge is 0.320 e. The van der Waals surface area contributed by atoms with Gasteiger partial charge in [0.15, 0.2) is 0 Å². The normalized spacial score (nSPS) is 26.2. The lowest BCUT2D eigenvalue weighted by atomic mass is 10.2. The van der Waals surface area contributed by atoms with Gasteiger partial charge in [-0.3, -0.25) is 18.9 Å². The fraction of sp³-hybridized carbons (Fsp3) is 0.556. The SMILES string of the molecule is O=c1[nH]c(=O)n([C@H]2CC[C@@](F)(COP(=O)(O)O)O2)cc1F. The second-order valence-corrected chi connectivity index (χ2v) is 5.64. The van der Waals surface area contributed by atoms with Crippen LogP contribution in [0.1, 0.15) is 19.1 Å². The molecule has 0 bridgehead atoms. The molecule has 118 valence electrons. The number of alkyl halides is 1. The molecule has 1 aromatic rings. The molecule has 2 atom stereocenters. The average molecular weight is 328 g/mol. The Morgan fingerprint density at radius 3 is 2.86 bits per heavy atom. The van der Waals surface area contributed by atoms with E-state index >= 15 is 0 Å². The number of phosphoric acid groups is 1. The quantitative estimate of drug-likeness (QED) is 0.650. The number of nitrogens with one attached hydrogen (secondary N) is 1. The van der Waals surface area contributed by atoms with Gasteiger partial charge in [0.05, 0.1) is 6.20 Å². The lowest BCUT2D eigenvalue weighted by Crippen LogP contribution is -2.35. The van der Waals surface area contributed by atoms with E-state index in [9.17, 15) is 22.9 Å². The van der Waals surface area contributed by atoms with Crippen molar-refractivity contribution in [2.24, 2.45) is 0 Å². The average Bonchev–Trinajstić information content (AvgIpc) is 2.74. The van der Waals surface area contributed by atoms with Gasteiger partial charge in [0, 0.05) is 6.42 Å². The summed E-state index contributed by atoms with van der Waals surface area (Å²) < 4.78 is 47.3. The van der Waals surface area contributed by atoms with E-state index in [0.717, 1.165) is 0 Å². The Bertz CT molecular complexity index is 698. The molecule has 21 heavy (non-hydrogen) atoms. The number of hydrogen-bond donors (Lipinski definition) is 3. The molecule has 1 aliphatic heterocycles. The highest BCUT2D eigenvalue weighted by Gasteiger charge is 2.43. The zero-order valence-electron chi connectivity index (χ0n) is 10.4. The van der Waals surface area contributed by atoms with E-state index in [1.54, 1.807) is 4.98 Å². The number of hydrogen-bond acceptors (Lipinski definition) is 5. The molecule has 0 amide bonds. The van der Waals surface area contributed by atoms with Crippen molar-refractivity contribution in [1.29, 1.82) is 0 Å². The maximum Gasteiger partial charge on any atom is 0.469 e. The van der Waals surface area contributed by atoms with Crippen LogP contribution < -0.4 is 11.2 Å². The first kappa shape index (κ1) is 16.0. The topological polar surface area (TPSA) is 131 Å². The summed E-state index contributed by atoms with van der Waals surface area (Å²) in [6.07, 6.45) is -1.06. The Hall–Kier alpha value is -1.39. The van der Waals surface area contributed by atoms with Gasteiger partial charge in [0.1, 0.15) is 12.8 Å². The maximum atomic E-state index is 14.1. The highest BCUT2D eigenvalue weighted by molar-refractivity contribution is 7.46. The number of halogens is 2. The van der Waals surface area contributed by atoms with Crippen molar-refractivity contribution in [3.8, 4) is 0 Å². The van der Waals surface area contributed by atoms with Crippen LogP contribution in [0.4, 0.5) is 8.78 Å². The molecule has 1 aromatic heterocycles. The van der Waals surface area contributed by atoms with Crippen LogP contribution >= 0.6 is 7.82 Å². The van der Waals surface area contributed by atoms with Gasteiger partial charge in [-0.05, 0) is 6.42 Å². The molecule has 0 radical (unpaired) electrons. The van der Waals surface area contributed by atoms with E-state index in [1.165, 1.54) is 0 Å². The number of nitrogens with zero attached hydrogens (tertiary/aromatic N) is 1. The number of aromatic nitrogens is 2. The fourth-order valence-electron chi connectivity index (χ4n) is 1.86. The highest BCUT2D eigenvalue weighted by Crippen LogP contribution is 2.42. The Kier molecular flexibility index (Phi) is 4.13. The Morgan fingerprint density at radius 1 is 1.57 bits per heavy atom. The van der Waals surface area contributed by atoms with Crippen molar-refractivity contribution in [3.63, 3.8) is 0 Å². The van der Waals surface area contributed by atoms with Crippen molar-refractivity contribution in [2.75, 3.05) is 6.61 Å². The number of aromatic amines is 1. The minimum absolute atomic E-state index is 0.0770. The van der Waals surface area contributed by atoms with Crippen LogP contribution in [-0.2, 0) is 13.8 Å². The molecule has 0 spiro atoms. The zero-order chi connectivity index (χ0) is 15.8. The largest absolute Gasteiger partial charge is 0.469 e. The van der Waals surface area contributed by atoms with Crippen LogP contribution in [0, 0.1) is 5.82 Å². The van der Waals surface area contributed by atoms with Crippen LogP contribution in [0.5, 0.6) is 0 Å². The van der Waals surface area contributed by atoms with Gasteiger partial charge < -0.3 is 14.5 Å². The second kappa shape index (κ2) is 5.43. The summed E-state index contributed by atoms with van der Waals surface area (Å²) in [4.78, 5) is 41.1. The standard InChI is InChI=1S/C9H11F2N2O7P/c10-5-3-13(8(15)12-7(5)14)6-1-2-9(11,20-6)4-19-21(16,17)18/h3,6H,1-2,4H2,(H,12,14,15)(H2,16,17,18)/t6-,9+/m1/s1. The molecule has 0 saturated carbocycles. The number of H-pyrrole nitrogens is 1. The van der Waals surface area contributed by atoms with Crippen molar-refractivity contribution >= 4 is 7.82 Å². The molecule has 2 heterocycles. The Labute approximate surface area is 115 Å². The molecular weight excluding hydrogens is 317 g/mol. The Balaban J connectivity index is 2.15. The first-order valence-corrected chi connectivity index (χ1v) is 7.20. The molecule has 1 fully saturated rings. The summed E-state index contributed by atoms with van der Waals surface area (Å²) in [5.41, 5.74) is -2.21. The minimum Gasteiger partial charge on any atom is -0.320 e. The van der Waals surface area contributed by atoms with Crippen molar-refractivity contribution in [2.45, 2.75) is 24.9 Å². The first-order chi connectivity index (χ1) is 9.60. The van der Waals surface area contributed by atoms with Crippen molar-refractivity contribution in [3.05, 3.63) is 32.9 Å². The molecular formula is C9H11F2N2O7P. The number of ether oxygens (including phenoxy) is 1. The lowest BCUT2D eigenvalue weighted by Gasteiger charge is -2.21. The summed E-state index contributed by atoms with van der Waals surface area (Å²) in [5, 5.41) is 0. The van der Waals surface area contributed by atoms with Gasteiger partial charge in [-0.15, -0.1) is 0 Å². The van der Waals surface area contributed by atoms with E-state index < -0.39 is 43.6 Å². The van der Waals surface area contributed by atoms with Gasteiger partial charge in [0.2, 0.25) is 11.7 Å². The third-order valence-electron chi connectivity index (χ3n) is 2.79. The van der Waals surface area contributed by atoms with E-state index in [-0.39, 0.29) is 12.8 Å². The van der Waals surface area contributed by atoms with Gasteiger partial charge in [-0.1, -0.05) is 0 Å². The summed E-state index contributed by atoms with van der Waals surface area (Å²) in [5.74, 6) is -3.78. The maximum absolute atomic E-state index is 14.1. The summed E-state index contributed by atoms with van der Waals surface area (Å²) in [7, 11) is -4.87. The molecule has 2 rings (SSSR count). The molecule has 0 unspecified atom stereocenters. The zero-order valence-corrected chi connectivity index (χ0v) is 11.3. The molecule has 0 aromatic carbocycles. The van der Waals surface area contributed by atoms with Crippen LogP contribution in [0.2, 0.25) is 0 Å². The Morgan fingerprint density at radius 2 is 2.24 bits per heavy atom. The molecule has 1 aliphatic rings. The van der Waals surface area contributed by atoms with Crippen LogP contribution in [0.25, 0.3) is 0 Å². The predicted octanol–water partition coefficient (Wildman–Crippen LogP) is -0.240. The third kappa shape index (κ3) is 3.83. The molecule has 12 heteroatoms. The molecule has 3 N–H and O–H groups in total. The van der Waals surface area contributed by atoms with Crippen molar-refractivity contribution in [1.82, 2.24) is 9.55 Å². The highest BCUT2D eigenvalue weighted by atomic mass is 31.2. The summed E-state index contributed by atoms with van der Waals surface area (Å²) in [6, 6.07) is 0. The van der Waals surface area contributed by atoms with E-state index in [4.69, 9.17) is 14.5 Å². The summed E-state index contributed by atoms with van der Waals surface area (Å²) >= 11 is 0. The lowest BCUT2D eigenvalue weighted by molar-refractivity contribution is -0.175. The van der Waals surface area contributed by atoms with Gasteiger partial charge in [-0.2, -0.15) is 4.39 Å². The monoisotopic (exact) mass is 328 g/mol. The van der Waals surface area contributed by atoms with E-state index in [0.29, 0.717) is 10.8 Å². The third-order valence-corrected chi connectivity index (χ3v) is 3.26. The number of rotatable bonds is 4. The van der Waals surface area contributed by atoms with E-state index in [1.807, 2.05) is 0 Å². The van der Waals surface area contributed by atoms with Gasteiger partial charge in [-0.25, -0.2) is 13.8 Å². The number of phosphoric ester groups is 1. The first-order valence-electron chi connectivity index (χ1n) is 5.67. The molecule has 0 aliphatic carbocycles. The minimum atomic E-state index is -4.87. The van der Waals surface area contributed by atoms with Crippen LogP contribution in [0.3, 0.4) is 0 Å². The predicted molar refractivity (Wildman–Crippen MR) is 62.5 cm³/mol. The second-order valence-electron chi connectivity index (χ2n) is 4.40. The fourth-order valence-corrected chi connectivity index (χ4v) is 2.22. The van der Waals surface area contributed by atoms with Crippen LogP contribution in [0.15, 0.2) is 15.8 Å². The van der Waals surface area contributed by atoms with Crippen LogP contribution in [-0.4, -0.2) is 31.8 Å². The van der Waals surface area contributed by atoms with Gasteiger partial charge in [0.25, 0.3) is 5.56 Å². The summed E-state index contributed by atoms with van der Waals surface area (Å²) in [6.45, 7) is -1.05. The van der Waals surface area contributed by atoms with Crippen molar-refractivity contribution < 1.29 is 32.4 Å².